The van der Waals surface area contributed by atoms with Gasteiger partial charge in [-0.15, -0.1) is 0 Å². The lowest BCUT2D eigenvalue weighted by Crippen LogP contribution is -2.05. The Kier molecular flexibility index (Phi) is 2.41. The van der Waals surface area contributed by atoms with E-state index in [1.165, 1.54) is 6.07 Å². The second-order valence-corrected chi connectivity index (χ2v) is 3.43. The molecule has 0 aliphatic heterocycles. The predicted molar refractivity (Wildman–Crippen MR) is 56.9 cm³/mol. The molecular formula is C11H12FN3. The Bertz CT molecular complexity index is 476. The van der Waals surface area contributed by atoms with Crippen molar-refractivity contribution in [2.24, 2.45) is 0 Å². The summed E-state index contributed by atoms with van der Waals surface area (Å²) in [5.41, 5.74) is 7.76. The highest BCUT2D eigenvalue weighted by atomic mass is 19.1. The summed E-state index contributed by atoms with van der Waals surface area (Å²) in [6, 6.07) is 6.66. The van der Waals surface area contributed by atoms with Crippen molar-refractivity contribution in [3.63, 3.8) is 0 Å². The second kappa shape index (κ2) is 3.73. The van der Waals surface area contributed by atoms with Crippen LogP contribution < -0.4 is 5.73 Å². The lowest BCUT2D eigenvalue weighted by Gasteiger charge is -2.05. The molecule has 15 heavy (non-hydrogen) atoms. The van der Waals surface area contributed by atoms with Crippen molar-refractivity contribution >= 4 is 5.69 Å². The molecule has 0 amide bonds. The van der Waals surface area contributed by atoms with E-state index in [4.69, 9.17) is 5.73 Å². The standard InChI is InChI=1S/C11H12FN3/c1-8-11(13)6-14-15(8)7-9-4-2-3-5-10(9)12/h2-6H,7,13H2,1H3. The average Bonchev–Trinajstić information content (AvgIpc) is 2.53. The molecule has 0 aliphatic carbocycles. The van der Waals surface area contributed by atoms with Crippen LogP contribution in [0.15, 0.2) is 30.5 Å². The quantitative estimate of drug-likeness (QED) is 0.814. The first-order chi connectivity index (χ1) is 7.18. The van der Waals surface area contributed by atoms with Gasteiger partial charge in [0, 0.05) is 5.56 Å². The monoisotopic (exact) mass is 205 g/mol. The van der Waals surface area contributed by atoms with Crippen molar-refractivity contribution in [3.05, 3.63) is 47.5 Å². The Morgan fingerprint density at radius 1 is 1.40 bits per heavy atom. The van der Waals surface area contributed by atoms with Gasteiger partial charge in [-0.25, -0.2) is 4.39 Å². The lowest BCUT2D eigenvalue weighted by molar-refractivity contribution is 0.580. The van der Waals surface area contributed by atoms with Gasteiger partial charge in [0.1, 0.15) is 5.82 Å². The molecule has 0 saturated heterocycles. The SMILES string of the molecule is Cc1c(N)cnn1Cc1ccccc1F. The molecule has 0 atom stereocenters. The van der Waals surface area contributed by atoms with E-state index >= 15 is 0 Å². The minimum absolute atomic E-state index is 0.217. The first-order valence-corrected chi connectivity index (χ1v) is 4.70. The van der Waals surface area contributed by atoms with Gasteiger partial charge >= 0.3 is 0 Å². The molecule has 0 fully saturated rings. The molecule has 1 aromatic heterocycles. The number of hydrogen-bond acceptors (Lipinski definition) is 2. The minimum atomic E-state index is -0.217. The first kappa shape index (κ1) is 9.71. The summed E-state index contributed by atoms with van der Waals surface area (Å²) in [6.45, 7) is 2.28. The maximum Gasteiger partial charge on any atom is 0.128 e. The van der Waals surface area contributed by atoms with Crippen LogP contribution in [0.4, 0.5) is 10.1 Å². The largest absolute Gasteiger partial charge is 0.396 e. The zero-order valence-corrected chi connectivity index (χ0v) is 8.44. The first-order valence-electron chi connectivity index (χ1n) is 4.70. The molecule has 0 radical (unpaired) electrons. The van der Waals surface area contributed by atoms with Gasteiger partial charge < -0.3 is 5.73 Å². The van der Waals surface area contributed by atoms with E-state index in [1.807, 2.05) is 6.92 Å². The molecule has 1 heterocycles. The van der Waals surface area contributed by atoms with Gasteiger partial charge in [0.25, 0.3) is 0 Å². The molecule has 78 valence electrons. The average molecular weight is 205 g/mol. The van der Waals surface area contributed by atoms with Crippen LogP contribution in [-0.2, 0) is 6.54 Å². The van der Waals surface area contributed by atoms with Crippen molar-refractivity contribution in [1.29, 1.82) is 0 Å². The zero-order chi connectivity index (χ0) is 10.8. The number of hydrogen-bond donors (Lipinski definition) is 1. The van der Waals surface area contributed by atoms with Gasteiger partial charge in [-0.1, -0.05) is 18.2 Å². The number of nitrogen functional groups attached to an aromatic ring is 1. The summed E-state index contributed by atoms with van der Waals surface area (Å²) in [5, 5.41) is 4.08. The summed E-state index contributed by atoms with van der Waals surface area (Å²) in [4.78, 5) is 0. The molecule has 0 bridgehead atoms. The lowest BCUT2D eigenvalue weighted by atomic mass is 10.2. The Morgan fingerprint density at radius 3 is 2.73 bits per heavy atom. The van der Waals surface area contributed by atoms with E-state index in [-0.39, 0.29) is 5.82 Å². The fourth-order valence-electron chi connectivity index (χ4n) is 1.41. The van der Waals surface area contributed by atoms with Crippen LogP contribution in [0.25, 0.3) is 0 Å². The van der Waals surface area contributed by atoms with E-state index < -0.39 is 0 Å². The molecule has 1 aromatic carbocycles. The van der Waals surface area contributed by atoms with Crippen LogP contribution in [0.1, 0.15) is 11.3 Å². The fraction of sp³-hybridized carbons (Fsp3) is 0.182. The number of nitrogens with zero attached hydrogens (tertiary/aromatic N) is 2. The topological polar surface area (TPSA) is 43.8 Å². The van der Waals surface area contributed by atoms with E-state index in [1.54, 1.807) is 29.1 Å². The summed E-state index contributed by atoms with van der Waals surface area (Å²) >= 11 is 0. The summed E-state index contributed by atoms with van der Waals surface area (Å²) in [5.74, 6) is -0.217. The van der Waals surface area contributed by atoms with Crippen LogP contribution in [0.3, 0.4) is 0 Å². The van der Waals surface area contributed by atoms with Crippen LogP contribution >= 0.6 is 0 Å². The van der Waals surface area contributed by atoms with Gasteiger partial charge in [-0.2, -0.15) is 5.10 Å². The summed E-state index contributed by atoms with van der Waals surface area (Å²) < 4.78 is 15.0. The maximum absolute atomic E-state index is 13.3. The van der Waals surface area contributed by atoms with Crippen LogP contribution in [0, 0.1) is 12.7 Å². The highest BCUT2D eigenvalue weighted by Gasteiger charge is 2.06. The number of halogens is 1. The van der Waals surface area contributed by atoms with Crippen molar-refractivity contribution in [2.45, 2.75) is 13.5 Å². The van der Waals surface area contributed by atoms with Gasteiger partial charge in [0.15, 0.2) is 0 Å². The smallest absolute Gasteiger partial charge is 0.128 e. The van der Waals surface area contributed by atoms with Crippen molar-refractivity contribution in [2.75, 3.05) is 5.73 Å². The highest BCUT2D eigenvalue weighted by molar-refractivity contribution is 5.40. The molecule has 0 unspecified atom stereocenters. The Labute approximate surface area is 87.3 Å². The van der Waals surface area contributed by atoms with Crippen molar-refractivity contribution < 1.29 is 4.39 Å². The molecular weight excluding hydrogens is 193 g/mol. The third-order valence-corrected chi connectivity index (χ3v) is 2.42. The zero-order valence-electron chi connectivity index (χ0n) is 8.44. The summed E-state index contributed by atoms with van der Waals surface area (Å²) in [6.07, 6.45) is 1.58. The molecule has 3 nitrogen and oxygen atoms in total. The molecule has 2 aromatic rings. The van der Waals surface area contributed by atoms with Crippen molar-refractivity contribution in [3.8, 4) is 0 Å². The van der Waals surface area contributed by atoms with Gasteiger partial charge in [-0.05, 0) is 13.0 Å². The normalized spacial score (nSPS) is 10.5. The summed E-state index contributed by atoms with van der Waals surface area (Å²) in [7, 11) is 0. The van der Waals surface area contributed by atoms with Crippen molar-refractivity contribution in [1.82, 2.24) is 9.78 Å². The molecule has 0 aliphatic rings. The van der Waals surface area contributed by atoms with Gasteiger partial charge in [-0.3, -0.25) is 4.68 Å². The maximum atomic E-state index is 13.3. The number of nitrogens with two attached hydrogens (primary N) is 1. The molecule has 2 rings (SSSR count). The van der Waals surface area contributed by atoms with E-state index in [2.05, 4.69) is 5.10 Å². The third kappa shape index (κ3) is 1.83. The molecule has 0 saturated carbocycles. The Hall–Kier alpha value is -1.84. The number of anilines is 1. The Balaban J connectivity index is 2.30. The van der Waals surface area contributed by atoms with E-state index in [0.717, 1.165) is 5.69 Å². The van der Waals surface area contributed by atoms with Crippen LogP contribution in [0.5, 0.6) is 0 Å². The van der Waals surface area contributed by atoms with Crippen LogP contribution in [-0.4, -0.2) is 9.78 Å². The molecule has 4 heteroatoms. The number of benzene rings is 1. The van der Waals surface area contributed by atoms with E-state index in [0.29, 0.717) is 17.8 Å². The number of aromatic nitrogens is 2. The minimum Gasteiger partial charge on any atom is -0.396 e. The fourth-order valence-corrected chi connectivity index (χ4v) is 1.41. The predicted octanol–water partition coefficient (Wildman–Crippen LogP) is 1.96. The highest BCUT2D eigenvalue weighted by Crippen LogP contribution is 2.13. The molecule has 2 N–H and O–H groups in total. The van der Waals surface area contributed by atoms with Gasteiger partial charge in [0.2, 0.25) is 0 Å². The third-order valence-electron chi connectivity index (χ3n) is 2.42. The molecule has 0 spiro atoms. The van der Waals surface area contributed by atoms with Gasteiger partial charge in [0.05, 0.1) is 24.1 Å². The second-order valence-electron chi connectivity index (χ2n) is 3.43. The Morgan fingerprint density at radius 2 is 2.13 bits per heavy atom. The number of rotatable bonds is 2. The van der Waals surface area contributed by atoms with Crippen LogP contribution in [0.2, 0.25) is 0 Å². The van der Waals surface area contributed by atoms with E-state index in [9.17, 15) is 4.39 Å².